The largest absolute Gasteiger partial charge is 0.381 e. The molecule has 19 heavy (non-hydrogen) atoms. The Labute approximate surface area is 116 Å². The van der Waals surface area contributed by atoms with Gasteiger partial charge < -0.3 is 10.1 Å². The minimum atomic E-state index is -3.14. The average molecular weight is 290 g/mol. The Hall–Kier alpha value is -0.170. The maximum Gasteiger partial charge on any atom is 0.214 e. The number of piperidine rings is 1. The molecule has 0 aromatic rings. The van der Waals surface area contributed by atoms with E-state index in [-0.39, 0.29) is 17.7 Å². The van der Waals surface area contributed by atoms with E-state index in [0.717, 1.165) is 38.8 Å². The predicted molar refractivity (Wildman–Crippen MR) is 75.6 cm³/mol. The fraction of sp³-hybridized carbons (Fsp3) is 1.00. The van der Waals surface area contributed by atoms with Gasteiger partial charge in [0, 0.05) is 19.2 Å². The zero-order valence-corrected chi connectivity index (χ0v) is 12.6. The van der Waals surface area contributed by atoms with Crippen molar-refractivity contribution in [1.82, 2.24) is 9.62 Å². The Morgan fingerprint density at radius 1 is 1.26 bits per heavy atom. The molecule has 0 radical (unpaired) electrons. The molecular weight excluding hydrogens is 264 g/mol. The SMILES string of the molecule is CCCN(C1CCNCC1)S(=O)(=O)CC1CCOC1. The zero-order valence-electron chi connectivity index (χ0n) is 11.8. The first-order chi connectivity index (χ1) is 9.13. The first kappa shape index (κ1) is 15.2. The maximum atomic E-state index is 12.6. The summed E-state index contributed by atoms with van der Waals surface area (Å²) in [7, 11) is -3.14. The fourth-order valence-corrected chi connectivity index (χ4v) is 5.15. The van der Waals surface area contributed by atoms with Crippen LogP contribution in [-0.2, 0) is 14.8 Å². The third-order valence-corrected chi connectivity index (χ3v) is 6.08. The number of hydrogen-bond donors (Lipinski definition) is 1. The van der Waals surface area contributed by atoms with Gasteiger partial charge in [-0.2, -0.15) is 4.31 Å². The monoisotopic (exact) mass is 290 g/mol. The number of hydrogen-bond acceptors (Lipinski definition) is 4. The molecule has 0 amide bonds. The van der Waals surface area contributed by atoms with Gasteiger partial charge in [-0.3, -0.25) is 0 Å². The first-order valence-electron chi connectivity index (χ1n) is 7.41. The highest BCUT2D eigenvalue weighted by Crippen LogP contribution is 2.22. The summed E-state index contributed by atoms with van der Waals surface area (Å²) in [4.78, 5) is 0. The van der Waals surface area contributed by atoms with Crippen LogP contribution in [0.4, 0.5) is 0 Å². The Morgan fingerprint density at radius 3 is 2.58 bits per heavy atom. The van der Waals surface area contributed by atoms with Crippen LogP contribution in [0, 0.1) is 5.92 Å². The Bertz CT molecular complexity index is 360. The van der Waals surface area contributed by atoms with Crippen molar-refractivity contribution in [2.75, 3.05) is 38.6 Å². The normalized spacial score (nSPS) is 26.1. The van der Waals surface area contributed by atoms with Crippen LogP contribution in [0.15, 0.2) is 0 Å². The van der Waals surface area contributed by atoms with Gasteiger partial charge in [-0.15, -0.1) is 0 Å². The van der Waals surface area contributed by atoms with E-state index in [4.69, 9.17) is 4.74 Å². The van der Waals surface area contributed by atoms with Crippen LogP contribution >= 0.6 is 0 Å². The molecule has 0 aliphatic carbocycles. The molecule has 1 N–H and O–H groups in total. The van der Waals surface area contributed by atoms with E-state index < -0.39 is 10.0 Å². The first-order valence-corrected chi connectivity index (χ1v) is 9.02. The number of nitrogens with zero attached hydrogens (tertiary/aromatic N) is 1. The van der Waals surface area contributed by atoms with Crippen LogP contribution in [0.2, 0.25) is 0 Å². The van der Waals surface area contributed by atoms with E-state index in [9.17, 15) is 8.42 Å². The summed E-state index contributed by atoms with van der Waals surface area (Å²) in [5, 5.41) is 3.29. The minimum absolute atomic E-state index is 0.186. The molecule has 2 fully saturated rings. The number of nitrogens with one attached hydrogen (secondary N) is 1. The summed E-state index contributed by atoms with van der Waals surface area (Å²) in [6, 6.07) is 0.188. The molecule has 6 heteroatoms. The van der Waals surface area contributed by atoms with E-state index in [1.54, 1.807) is 4.31 Å². The Balaban J connectivity index is 2.02. The van der Waals surface area contributed by atoms with Gasteiger partial charge in [-0.25, -0.2) is 8.42 Å². The van der Waals surface area contributed by atoms with Gasteiger partial charge in [0.25, 0.3) is 0 Å². The van der Waals surface area contributed by atoms with Gasteiger partial charge in [-0.05, 0) is 44.7 Å². The van der Waals surface area contributed by atoms with Crippen molar-refractivity contribution in [3.05, 3.63) is 0 Å². The van der Waals surface area contributed by atoms with Crippen molar-refractivity contribution in [1.29, 1.82) is 0 Å². The standard InChI is InChI=1S/C13H26N2O3S/c1-2-8-15(13-3-6-14-7-4-13)19(16,17)11-12-5-9-18-10-12/h12-14H,2-11H2,1H3. The van der Waals surface area contributed by atoms with Gasteiger partial charge in [0.05, 0.1) is 12.4 Å². The van der Waals surface area contributed by atoms with Crippen LogP contribution in [0.3, 0.4) is 0 Å². The number of sulfonamides is 1. The molecule has 112 valence electrons. The quantitative estimate of drug-likeness (QED) is 0.787. The second kappa shape index (κ2) is 7.02. The van der Waals surface area contributed by atoms with Crippen LogP contribution < -0.4 is 5.32 Å². The minimum Gasteiger partial charge on any atom is -0.381 e. The molecular formula is C13H26N2O3S. The van der Waals surface area contributed by atoms with Crippen LogP contribution in [-0.4, -0.2) is 57.4 Å². The van der Waals surface area contributed by atoms with E-state index >= 15 is 0 Å². The summed E-state index contributed by atoms with van der Waals surface area (Å²) < 4.78 is 32.3. The third-order valence-electron chi connectivity index (χ3n) is 3.99. The van der Waals surface area contributed by atoms with Crippen molar-refractivity contribution < 1.29 is 13.2 Å². The summed E-state index contributed by atoms with van der Waals surface area (Å²) in [5.41, 5.74) is 0. The zero-order chi connectivity index (χ0) is 13.7. The second-order valence-corrected chi connectivity index (χ2v) is 7.57. The van der Waals surface area contributed by atoms with E-state index in [0.29, 0.717) is 19.8 Å². The summed E-state index contributed by atoms with van der Waals surface area (Å²) in [6.45, 7) is 5.86. The number of rotatable bonds is 6. The van der Waals surface area contributed by atoms with E-state index in [1.165, 1.54) is 0 Å². The summed E-state index contributed by atoms with van der Waals surface area (Å²) in [6.07, 6.45) is 3.62. The smallest absolute Gasteiger partial charge is 0.214 e. The maximum absolute atomic E-state index is 12.6. The van der Waals surface area contributed by atoms with Crippen molar-refractivity contribution in [2.24, 2.45) is 5.92 Å². The van der Waals surface area contributed by atoms with Crippen molar-refractivity contribution in [2.45, 2.75) is 38.6 Å². The lowest BCUT2D eigenvalue weighted by atomic mass is 10.1. The lowest BCUT2D eigenvalue weighted by molar-refractivity contribution is 0.188. The Morgan fingerprint density at radius 2 is 2.00 bits per heavy atom. The highest BCUT2D eigenvalue weighted by Gasteiger charge is 2.33. The number of ether oxygens (including phenoxy) is 1. The van der Waals surface area contributed by atoms with Gasteiger partial charge >= 0.3 is 0 Å². The highest BCUT2D eigenvalue weighted by molar-refractivity contribution is 7.89. The van der Waals surface area contributed by atoms with Crippen molar-refractivity contribution in [3.8, 4) is 0 Å². The molecule has 0 aromatic heterocycles. The molecule has 2 saturated heterocycles. The van der Waals surface area contributed by atoms with Gasteiger partial charge in [0.2, 0.25) is 10.0 Å². The van der Waals surface area contributed by atoms with Gasteiger partial charge in [0.15, 0.2) is 0 Å². The van der Waals surface area contributed by atoms with Crippen LogP contribution in [0.25, 0.3) is 0 Å². The van der Waals surface area contributed by atoms with Gasteiger partial charge in [-0.1, -0.05) is 6.92 Å². The van der Waals surface area contributed by atoms with Crippen LogP contribution in [0.5, 0.6) is 0 Å². The summed E-state index contributed by atoms with van der Waals surface area (Å²) in [5.74, 6) is 0.447. The fourth-order valence-electron chi connectivity index (χ4n) is 2.97. The Kier molecular flexibility index (Phi) is 5.62. The third kappa shape index (κ3) is 4.15. The van der Waals surface area contributed by atoms with Crippen molar-refractivity contribution >= 4 is 10.0 Å². The lowest BCUT2D eigenvalue weighted by Gasteiger charge is -2.34. The van der Waals surface area contributed by atoms with Crippen LogP contribution in [0.1, 0.15) is 32.6 Å². The molecule has 2 rings (SSSR count). The molecule has 2 aliphatic heterocycles. The van der Waals surface area contributed by atoms with Gasteiger partial charge in [0.1, 0.15) is 0 Å². The summed E-state index contributed by atoms with van der Waals surface area (Å²) >= 11 is 0. The van der Waals surface area contributed by atoms with E-state index in [1.807, 2.05) is 6.92 Å². The highest BCUT2D eigenvalue weighted by atomic mass is 32.2. The second-order valence-electron chi connectivity index (χ2n) is 5.60. The molecule has 0 spiro atoms. The topological polar surface area (TPSA) is 58.6 Å². The molecule has 5 nitrogen and oxygen atoms in total. The molecule has 2 heterocycles. The average Bonchev–Trinajstić information content (AvgIpc) is 2.89. The van der Waals surface area contributed by atoms with Crippen molar-refractivity contribution in [3.63, 3.8) is 0 Å². The molecule has 1 atom stereocenters. The molecule has 0 aromatic carbocycles. The molecule has 2 aliphatic rings. The molecule has 0 bridgehead atoms. The molecule has 0 saturated carbocycles. The van der Waals surface area contributed by atoms with E-state index in [2.05, 4.69) is 5.32 Å². The molecule has 1 unspecified atom stereocenters. The predicted octanol–water partition coefficient (Wildman–Crippen LogP) is 0.817. The lowest BCUT2D eigenvalue weighted by Crippen LogP contribution is -2.47.